The monoisotopic (exact) mass is 617 g/mol. The Bertz CT molecular complexity index is 2790. The molecule has 0 aliphatic heterocycles. The van der Waals surface area contributed by atoms with E-state index in [-0.39, 0.29) is 0 Å². The lowest BCUT2D eigenvalue weighted by Crippen LogP contribution is -2.10. The third-order valence-corrected chi connectivity index (χ3v) is 10.6. The average molecular weight is 618 g/mol. The lowest BCUT2D eigenvalue weighted by atomic mass is 9.98. The van der Waals surface area contributed by atoms with Gasteiger partial charge in [-0.15, -0.1) is 11.3 Å². The molecule has 220 valence electrons. The molecule has 0 aliphatic carbocycles. The summed E-state index contributed by atoms with van der Waals surface area (Å²) in [7, 11) is 0. The van der Waals surface area contributed by atoms with Crippen molar-refractivity contribution in [2.75, 3.05) is 4.90 Å². The van der Waals surface area contributed by atoms with Gasteiger partial charge in [0.1, 0.15) is 11.2 Å². The quantitative estimate of drug-likeness (QED) is 0.195. The summed E-state index contributed by atoms with van der Waals surface area (Å²) in [5.41, 5.74) is 7.53. The number of benzene rings is 8. The summed E-state index contributed by atoms with van der Waals surface area (Å²) in [5.74, 6) is 0. The van der Waals surface area contributed by atoms with Crippen LogP contribution in [0.4, 0.5) is 17.1 Å². The van der Waals surface area contributed by atoms with Crippen molar-refractivity contribution < 1.29 is 4.42 Å². The summed E-state index contributed by atoms with van der Waals surface area (Å²) in [4.78, 5) is 2.37. The van der Waals surface area contributed by atoms with Crippen molar-refractivity contribution in [1.82, 2.24) is 0 Å². The zero-order valence-electron chi connectivity index (χ0n) is 25.4. The fraction of sp³-hybridized carbons (Fsp3) is 0. The molecule has 0 spiro atoms. The Hall–Kier alpha value is -5.90. The number of furan rings is 1. The van der Waals surface area contributed by atoms with E-state index in [2.05, 4.69) is 169 Å². The van der Waals surface area contributed by atoms with Crippen LogP contribution in [0, 0.1) is 0 Å². The van der Waals surface area contributed by atoms with Crippen LogP contribution in [-0.2, 0) is 0 Å². The van der Waals surface area contributed by atoms with Crippen LogP contribution in [0.2, 0.25) is 0 Å². The molecule has 8 aromatic carbocycles. The second-order valence-electron chi connectivity index (χ2n) is 12.1. The molecule has 2 nitrogen and oxygen atoms in total. The van der Waals surface area contributed by atoms with E-state index in [4.69, 9.17) is 4.42 Å². The van der Waals surface area contributed by atoms with Gasteiger partial charge >= 0.3 is 0 Å². The van der Waals surface area contributed by atoms with Gasteiger partial charge in [0.2, 0.25) is 0 Å². The first-order valence-electron chi connectivity index (χ1n) is 15.9. The van der Waals surface area contributed by atoms with Crippen molar-refractivity contribution in [2.24, 2.45) is 0 Å². The largest absolute Gasteiger partial charge is 0.456 e. The number of fused-ring (bicyclic) bond motifs is 10. The van der Waals surface area contributed by atoms with Crippen LogP contribution in [0.25, 0.3) is 74.8 Å². The van der Waals surface area contributed by atoms with Gasteiger partial charge in [-0.3, -0.25) is 0 Å². The second kappa shape index (κ2) is 10.3. The molecule has 0 atom stereocenters. The maximum atomic E-state index is 6.60. The first kappa shape index (κ1) is 26.3. The number of hydrogen-bond donors (Lipinski definition) is 0. The van der Waals surface area contributed by atoms with Gasteiger partial charge in [-0.2, -0.15) is 0 Å². The minimum atomic E-state index is 0.889. The molecule has 0 aliphatic rings. The third-order valence-electron chi connectivity index (χ3n) is 9.45. The maximum absolute atomic E-state index is 6.60. The molecule has 0 bridgehead atoms. The number of para-hydroxylation sites is 1. The van der Waals surface area contributed by atoms with E-state index in [0.717, 1.165) is 33.6 Å². The van der Waals surface area contributed by atoms with E-state index >= 15 is 0 Å². The van der Waals surface area contributed by atoms with Gasteiger partial charge in [-0.05, 0) is 87.3 Å². The molecule has 0 amide bonds. The van der Waals surface area contributed by atoms with Gasteiger partial charge in [0, 0.05) is 36.9 Å². The molecular formula is C44H27NOS. The zero-order valence-corrected chi connectivity index (χ0v) is 26.2. The molecule has 2 heterocycles. The molecule has 0 N–H and O–H groups in total. The van der Waals surface area contributed by atoms with Gasteiger partial charge < -0.3 is 9.32 Å². The maximum Gasteiger partial charge on any atom is 0.137 e. The lowest BCUT2D eigenvalue weighted by molar-refractivity contribution is 0.669. The molecule has 0 saturated carbocycles. The van der Waals surface area contributed by atoms with E-state index in [1.807, 2.05) is 11.3 Å². The van der Waals surface area contributed by atoms with Crippen LogP contribution in [0.15, 0.2) is 168 Å². The van der Waals surface area contributed by atoms with E-state index < -0.39 is 0 Å². The Balaban J connectivity index is 1.22. The van der Waals surface area contributed by atoms with Crippen LogP contribution >= 0.6 is 11.3 Å². The third kappa shape index (κ3) is 4.04. The molecular weight excluding hydrogens is 591 g/mol. The van der Waals surface area contributed by atoms with Crippen molar-refractivity contribution in [3.8, 4) is 11.1 Å². The van der Waals surface area contributed by atoms with Crippen LogP contribution in [0.1, 0.15) is 0 Å². The number of thiophene rings is 1. The topological polar surface area (TPSA) is 16.4 Å². The van der Waals surface area contributed by atoms with Gasteiger partial charge in [-0.25, -0.2) is 0 Å². The van der Waals surface area contributed by atoms with Crippen LogP contribution < -0.4 is 4.90 Å². The standard InChI is InChI=1S/C44H27NOS/c1-2-13-31(14-3-1)45(32-23-20-30(21-24-32)34-17-8-12-28-10-4-6-15-33(28)34)37-18-9-19-38-42(37)43-39(46-38)26-25-36-41-35-16-7-5-11-29(35)22-27-40(41)47-44(36)43/h1-27H. The highest BCUT2D eigenvalue weighted by atomic mass is 32.1. The minimum Gasteiger partial charge on any atom is -0.456 e. The molecule has 10 rings (SSSR count). The Morgan fingerprint density at radius 3 is 1.96 bits per heavy atom. The Labute approximate surface area is 275 Å². The molecule has 0 unspecified atom stereocenters. The highest BCUT2D eigenvalue weighted by Gasteiger charge is 2.22. The molecule has 10 aromatic rings. The summed E-state index contributed by atoms with van der Waals surface area (Å²) in [6, 6.07) is 58.8. The minimum absolute atomic E-state index is 0.889. The SMILES string of the molecule is c1ccc(N(c2ccc(-c3cccc4ccccc34)cc2)c2cccc3oc4ccc5c(sc6ccc7ccccc7c65)c4c23)cc1. The smallest absolute Gasteiger partial charge is 0.137 e. The molecule has 0 radical (unpaired) electrons. The van der Waals surface area contributed by atoms with E-state index in [9.17, 15) is 0 Å². The number of rotatable bonds is 4. The highest BCUT2D eigenvalue weighted by molar-refractivity contribution is 7.27. The molecule has 0 fully saturated rings. The van der Waals surface area contributed by atoms with E-state index in [0.29, 0.717) is 0 Å². The van der Waals surface area contributed by atoms with Crippen LogP contribution in [0.3, 0.4) is 0 Å². The normalized spacial score (nSPS) is 11.8. The Morgan fingerprint density at radius 2 is 1.11 bits per heavy atom. The Morgan fingerprint density at radius 1 is 0.426 bits per heavy atom. The summed E-state index contributed by atoms with van der Waals surface area (Å²) in [5, 5.41) is 9.97. The summed E-state index contributed by atoms with van der Waals surface area (Å²) in [6.07, 6.45) is 0. The van der Waals surface area contributed by atoms with E-state index in [1.165, 1.54) is 58.2 Å². The summed E-state index contributed by atoms with van der Waals surface area (Å²) < 4.78 is 9.16. The zero-order chi connectivity index (χ0) is 30.9. The number of nitrogens with zero attached hydrogens (tertiary/aromatic N) is 1. The predicted octanol–water partition coefficient (Wildman–Crippen LogP) is 13.4. The van der Waals surface area contributed by atoms with E-state index in [1.54, 1.807) is 0 Å². The van der Waals surface area contributed by atoms with Crippen molar-refractivity contribution in [3.05, 3.63) is 164 Å². The summed E-state index contributed by atoms with van der Waals surface area (Å²) >= 11 is 1.86. The van der Waals surface area contributed by atoms with Gasteiger partial charge in [0.15, 0.2) is 0 Å². The van der Waals surface area contributed by atoms with Gasteiger partial charge in [0.25, 0.3) is 0 Å². The van der Waals surface area contributed by atoms with Crippen LogP contribution in [0.5, 0.6) is 0 Å². The van der Waals surface area contributed by atoms with Crippen molar-refractivity contribution in [2.45, 2.75) is 0 Å². The fourth-order valence-electron chi connectivity index (χ4n) is 7.35. The summed E-state index contributed by atoms with van der Waals surface area (Å²) in [6.45, 7) is 0. The molecule has 47 heavy (non-hydrogen) atoms. The average Bonchev–Trinajstić information content (AvgIpc) is 3.71. The first-order valence-corrected chi connectivity index (χ1v) is 16.7. The van der Waals surface area contributed by atoms with Crippen molar-refractivity contribution in [1.29, 1.82) is 0 Å². The lowest BCUT2D eigenvalue weighted by Gasteiger charge is -2.26. The van der Waals surface area contributed by atoms with Gasteiger partial charge in [0.05, 0.1) is 11.1 Å². The Kier molecular flexibility index (Phi) is 5.78. The number of anilines is 3. The second-order valence-corrected chi connectivity index (χ2v) is 13.1. The van der Waals surface area contributed by atoms with Crippen molar-refractivity contribution in [3.63, 3.8) is 0 Å². The van der Waals surface area contributed by atoms with Crippen LogP contribution in [-0.4, -0.2) is 0 Å². The van der Waals surface area contributed by atoms with Gasteiger partial charge in [-0.1, -0.05) is 109 Å². The highest BCUT2D eigenvalue weighted by Crippen LogP contribution is 2.48. The molecule has 3 heteroatoms. The molecule has 2 aromatic heterocycles. The predicted molar refractivity (Wildman–Crippen MR) is 202 cm³/mol. The molecule has 0 saturated heterocycles. The number of hydrogen-bond acceptors (Lipinski definition) is 3. The first-order chi connectivity index (χ1) is 23.3. The fourth-order valence-corrected chi connectivity index (χ4v) is 8.61. The van der Waals surface area contributed by atoms with Crippen molar-refractivity contribution >= 4 is 92.1 Å².